The van der Waals surface area contributed by atoms with E-state index in [1.807, 2.05) is 6.07 Å². The van der Waals surface area contributed by atoms with Gasteiger partial charge in [0.05, 0.1) is 5.69 Å². The lowest BCUT2D eigenvalue weighted by Gasteiger charge is -1.98. The van der Waals surface area contributed by atoms with Crippen molar-refractivity contribution in [1.29, 1.82) is 0 Å². The molecule has 11 heavy (non-hydrogen) atoms. The molecule has 2 N–H and O–H groups in total. The molecular weight excluding hydrogens is 251 g/mol. The van der Waals surface area contributed by atoms with Gasteiger partial charge < -0.3 is 5.73 Å². The molecule has 0 saturated heterocycles. The molecule has 1 aromatic rings. The van der Waals surface area contributed by atoms with Gasteiger partial charge in [0.1, 0.15) is 5.15 Å². The maximum absolute atomic E-state index is 5.61. The molecule has 0 atom stereocenters. The summed E-state index contributed by atoms with van der Waals surface area (Å²) in [4.78, 5) is 3.98. The van der Waals surface area contributed by atoms with Crippen molar-refractivity contribution in [2.45, 2.75) is 6.54 Å². The van der Waals surface area contributed by atoms with Crippen LogP contribution in [-0.4, -0.2) is 4.98 Å². The van der Waals surface area contributed by atoms with Crippen molar-refractivity contribution in [3.05, 3.63) is 27.5 Å². The van der Waals surface area contributed by atoms with Crippen LogP contribution in [0.5, 0.6) is 0 Å². The first kappa shape index (κ1) is 11.2. The van der Waals surface area contributed by atoms with E-state index in [-0.39, 0.29) is 12.4 Å². The number of rotatable bonds is 1. The molecule has 1 heterocycles. The molecule has 0 aliphatic rings. The first-order valence-electron chi connectivity index (χ1n) is 2.75. The lowest BCUT2D eigenvalue weighted by atomic mass is 10.4. The van der Waals surface area contributed by atoms with Crippen molar-refractivity contribution < 1.29 is 0 Å². The van der Waals surface area contributed by atoms with Crippen LogP contribution < -0.4 is 5.73 Å². The van der Waals surface area contributed by atoms with Crippen LogP contribution >= 0.6 is 39.9 Å². The number of nitrogens with two attached hydrogens (primary N) is 1. The number of hydrogen-bond donors (Lipinski definition) is 1. The quantitative estimate of drug-likeness (QED) is 0.785. The summed E-state index contributed by atoms with van der Waals surface area (Å²) >= 11 is 8.90. The van der Waals surface area contributed by atoms with Gasteiger partial charge in [-0.05, 0) is 28.1 Å². The standard InChI is InChI=1S/C6H6BrClN2.ClH/c7-4-1-2-6(8)10-5(4)3-9;/h1-2H,3,9H2;1H. The van der Waals surface area contributed by atoms with E-state index in [1.165, 1.54) is 0 Å². The Hall–Kier alpha value is 0.170. The Balaban J connectivity index is 0.000001000. The van der Waals surface area contributed by atoms with Crippen LogP contribution in [0, 0.1) is 0 Å². The molecule has 2 nitrogen and oxygen atoms in total. The van der Waals surface area contributed by atoms with Gasteiger partial charge in [0.15, 0.2) is 0 Å². The number of pyridine rings is 1. The third-order valence-corrected chi connectivity index (χ3v) is 2.01. The SMILES string of the molecule is Cl.NCc1nc(Cl)ccc1Br. The summed E-state index contributed by atoms with van der Waals surface area (Å²) in [5.41, 5.74) is 6.15. The molecule has 0 spiro atoms. The van der Waals surface area contributed by atoms with Gasteiger partial charge in [0.2, 0.25) is 0 Å². The summed E-state index contributed by atoms with van der Waals surface area (Å²) in [6.45, 7) is 0.404. The van der Waals surface area contributed by atoms with Gasteiger partial charge in [0.25, 0.3) is 0 Å². The summed E-state index contributed by atoms with van der Waals surface area (Å²) in [7, 11) is 0. The maximum atomic E-state index is 5.61. The predicted octanol–water partition coefficient (Wildman–Crippen LogP) is 2.38. The topological polar surface area (TPSA) is 38.9 Å². The second-order valence-corrected chi connectivity index (χ2v) is 3.01. The van der Waals surface area contributed by atoms with E-state index in [4.69, 9.17) is 17.3 Å². The highest BCUT2D eigenvalue weighted by Gasteiger charge is 1.98. The molecule has 0 saturated carbocycles. The second-order valence-electron chi connectivity index (χ2n) is 1.77. The van der Waals surface area contributed by atoms with E-state index in [1.54, 1.807) is 6.07 Å². The summed E-state index contributed by atoms with van der Waals surface area (Å²) in [5.74, 6) is 0. The number of halogens is 3. The molecule has 0 amide bonds. The Kier molecular flexibility index (Phi) is 5.01. The molecule has 0 aliphatic carbocycles. The number of hydrogen-bond acceptors (Lipinski definition) is 2. The summed E-state index contributed by atoms with van der Waals surface area (Å²) in [5, 5.41) is 0.476. The molecule has 62 valence electrons. The number of nitrogens with zero attached hydrogens (tertiary/aromatic N) is 1. The van der Waals surface area contributed by atoms with Crippen LogP contribution in [0.25, 0.3) is 0 Å². The van der Waals surface area contributed by atoms with E-state index < -0.39 is 0 Å². The average Bonchev–Trinajstić information content (AvgIpc) is 1.94. The van der Waals surface area contributed by atoms with E-state index in [0.29, 0.717) is 11.7 Å². The zero-order valence-electron chi connectivity index (χ0n) is 5.55. The average molecular weight is 258 g/mol. The Morgan fingerprint density at radius 2 is 2.18 bits per heavy atom. The lowest BCUT2D eigenvalue weighted by molar-refractivity contribution is 0.980. The molecule has 0 aliphatic heterocycles. The fourth-order valence-electron chi connectivity index (χ4n) is 0.601. The first-order chi connectivity index (χ1) is 4.74. The largest absolute Gasteiger partial charge is 0.325 e. The molecule has 0 fully saturated rings. The summed E-state index contributed by atoms with van der Waals surface area (Å²) < 4.78 is 0.902. The molecular formula is C6H7BrCl2N2. The lowest BCUT2D eigenvalue weighted by Crippen LogP contribution is -2.00. The molecule has 1 rings (SSSR count). The summed E-state index contributed by atoms with van der Waals surface area (Å²) in [6, 6.07) is 3.54. The van der Waals surface area contributed by atoms with Gasteiger partial charge in [-0.3, -0.25) is 0 Å². The van der Waals surface area contributed by atoms with Crippen LogP contribution in [0.4, 0.5) is 0 Å². The van der Waals surface area contributed by atoms with E-state index in [2.05, 4.69) is 20.9 Å². The molecule has 0 aromatic carbocycles. The smallest absolute Gasteiger partial charge is 0.129 e. The van der Waals surface area contributed by atoms with Crippen LogP contribution in [-0.2, 0) is 6.54 Å². The van der Waals surface area contributed by atoms with E-state index in [9.17, 15) is 0 Å². The van der Waals surface area contributed by atoms with Crippen LogP contribution in [0.1, 0.15) is 5.69 Å². The Labute approximate surface area is 84.7 Å². The fraction of sp³-hybridized carbons (Fsp3) is 0.167. The monoisotopic (exact) mass is 256 g/mol. The van der Waals surface area contributed by atoms with Crippen molar-refractivity contribution in [2.24, 2.45) is 5.73 Å². The van der Waals surface area contributed by atoms with Gasteiger partial charge in [-0.2, -0.15) is 0 Å². The highest BCUT2D eigenvalue weighted by Crippen LogP contribution is 2.16. The predicted molar refractivity (Wildman–Crippen MR) is 52.1 cm³/mol. The molecule has 0 bridgehead atoms. The van der Waals surface area contributed by atoms with Gasteiger partial charge in [-0.25, -0.2) is 4.98 Å². The third kappa shape index (κ3) is 2.95. The molecule has 5 heteroatoms. The molecule has 0 radical (unpaired) electrons. The minimum atomic E-state index is 0. The maximum Gasteiger partial charge on any atom is 0.129 e. The van der Waals surface area contributed by atoms with Crippen molar-refractivity contribution in [1.82, 2.24) is 4.98 Å². The van der Waals surface area contributed by atoms with E-state index >= 15 is 0 Å². The summed E-state index contributed by atoms with van der Waals surface area (Å²) in [6.07, 6.45) is 0. The zero-order chi connectivity index (χ0) is 7.56. The van der Waals surface area contributed by atoms with Crippen molar-refractivity contribution in [3.63, 3.8) is 0 Å². The second kappa shape index (κ2) is 4.93. The third-order valence-electron chi connectivity index (χ3n) is 1.08. The Morgan fingerprint density at radius 1 is 1.55 bits per heavy atom. The minimum Gasteiger partial charge on any atom is -0.325 e. The van der Waals surface area contributed by atoms with Gasteiger partial charge in [-0.15, -0.1) is 12.4 Å². The number of aromatic nitrogens is 1. The van der Waals surface area contributed by atoms with Crippen molar-refractivity contribution >= 4 is 39.9 Å². The normalized spacial score (nSPS) is 9.00. The fourth-order valence-corrected chi connectivity index (χ4v) is 1.15. The van der Waals surface area contributed by atoms with Crippen LogP contribution in [0.15, 0.2) is 16.6 Å². The van der Waals surface area contributed by atoms with Crippen LogP contribution in [0.3, 0.4) is 0 Å². The highest BCUT2D eigenvalue weighted by molar-refractivity contribution is 9.10. The molecule has 0 unspecified atom stereocenters. The Morgan fingerprint density at radius 3 is 2.64 bits per heavy atom. The molecule has 1 aromatic heterocycles. The van der Waals surface area contributed by atoms with Crippen molar-refractivity contribution in [3.8, 4) is 0 Å². The Bertz CT molecular complexity index is 242. The minimum absolute atomic E-state index is 0. The van der Waals surface area contributed by atoms with Crippen molar-refractivity contribution in [2.75, 3.05) is 0 Å². The van der Waals surface area contributed by atoms with Gasteiger partial charge >= 0.3 is 0 Å². The highest BCUT2D eigenvalue weighted by atomic mass is 79.9. The zero-order valence-corrected chi connectivity index (χ0v) is 8.71. The van der Waals surface area contributed by atoms with Gasteiger partial charge in [-0.1, -0.05) is 11.6 Å². The van der Waals surface area contributed by atoms with E-state index in [0.717, 1.165) is 10.2 Å². The van der Waals surface area contributed by atoms with Crippen LogP contribution in [0.2, 0.25) is 5.15 Å². The first-order valence-corrected chi connectivity index (χ1v) is 3.92. The van der Waals surface area contributed by atoms with Gasteiger partial charge in [0, 0.05) is 11.0 Å².